The lowest BCUT2D eigenvalue weighted by Crippen LogP contribution is -1.96. The minimum absolute atomic E-state index is 0.242. The molecule has 3 aromatic rings. The number of nitriles is 1. The Hall–Kier alpha value is -2.52. The summed E-state index contributed by atoms with van der Waals surface area (Å²) < 4.78 is 13.7. The van der Waals surface area contributed by atoms with Crippen LogP contribution < -0.4 is 9.47 Å². The van der Waals surface area contributed by atoms with Crippen molar-refractivity contribution in [1.29, 1.82) is 5.26 Å². The molecule has 1 aromatic carbocycles. The minimum Gasteiger partial charge on any atom is -0.497 e. The number of imidazole rings is 1. The number of halogens is 1. The average Bonchev–Trinajstić information content (AvgIpc) is 2.92. The number of nitrogens with zero attached hydrogens (tertiary/aromatic N) is 3. The second-order valence-corrected chi connectivity index (χ2v) is 6.20. The summed E-state index contributed by atoms with van der Waals surface area (Å²) in [4.78, 5) is 4.74. The van der Waals surface area contributed by atoms with Crippen molar-refractivity contribution >= 4 is 21.6 Å². The fraction of sp³-hybridized carbons (Fsp3) is 0.222. The molecule has 0 aliphatic carbocycles. The maximum absolute atomic E-state index is 9.26. The number of methoxy groups -OCH3 is 2. The minimum atomic E-state index is 0.242. The number of ether oxygens (including phenoxy) is 2. The van der Waals surface area contributed by atoms with Crippen molar-refractivity contribution in [2.24, 2.45) is 0 Å². The second-order valence-electron chi connectivity index (χ2n) is 5.34. The van der Waals surface area contributed by atoms with E-state index in [2.05, 4.69) is 22.0 Å². The number of fused-ring (bicyclic) bond motifs is 1. The van der Waals surface area contributed by atoms with E-state index in [1.807, 2.05) is 41.8 Å². The van der Waals surface area contributed by atoms with Crippen LogP contribution in [0.3, 0.4) is 0 Å². The van der Waals surface area contributed by atoms with Gasteiger partial charge in [0.15, 0.2) is 0 Å². The van der Waals surface area contributed by atoms with Gasteiger partial charge in [-0.1, -0.05) is 0 Å². The molecule has 0 N–H and O–H groups in total. The van der Waals surface area contributed by atoms with E-state index in [4.69, 9.17) is 14.5 Å². The van der Waals surface area contributed by atoms with Crippen molar-refractivity contribution in [3.63, 3.8) is 0 Å². The zero-order valence-corrected chi connectivity index (χ0v) is 15.2. The van der Waals surface area contributed by atoms with Gasteiger partial charge < -0.3 is 13.9 Å². The van der Waals surface area contributed by atoms with E-state index >= 15 is 0 Å². The predicted molar refractivity (Wildman–Crippen MR) is 95.5 cm³/mol. The van der Waals surface area contributed by atoms with Gasteiger partial charge in [0.2, 0.25) is 0 Å². The monoisotopic (exact) mass is 385 g/mol. The van der Waals surface area contributed by atoms with Crippen LogP contribution in [-0.4, -0.2) is 23.6 Å². The third kappa shape index (κ3) is 2.72. The lowest BCUT2D eigenvalue weighted by molar-refractivity contribution is 0.404. The molecule has 0 amide bonds. The first kappa shape index (κ1) is 16.3. The Morgan fingerprint density at radius 2 is 2.04 bits per heavy atom. The maximum Gasteiger partial charge on any atom is 0.138 e. The van der Waals surface area contributed by atoms with Crippen molar-refractivity contribution in [3.05, 3.63) is 46.2 Å². The smallest absolute Gasteiger partial charge is 0.138 e. The Labute approximate surface area is 148 Å². The van der Waals surface area contributed by atoms with Crippen LogP contribution in [0.4, 0.5) is 0 Å². The Morgan fingerprint density at radius 3 is 2.71 bits per heavy atom. The van der Waals surface area contributed by atoms with E-state index in [0.717, 1.165) is 32.6 Å². The van der Waals surface area contributed by atoms with Crippen LogP contribution in [-0.2, 0) is 6.42 Å². The first-order valence-corrected chi connectivity index (χ1v) is 8.14. The van der Waals surface area contributed by atoms with E-state index in [9.17, 15) is 5.26 Å². The number of pyridine rings is 1. The van der Waals surface area contributed by atoms with Gasteiger partial charge in [-0.15, -0.1) is 0 Å². The molecule has 0 bridgehead atoms. The lowest BCUT2D eigenvalue weighted by Gasteiger charge is -2.10. The SMILES string of the molecule is COc1ccc(OC)c(-c2nc3cc(C)c(Br)cn3c2CC#N)c1. The number of rotatable bonds is 4. The molecular formula is C18H16BrN3O2. The van der Waals surface area contributed by atoms with Gasteiger partial charge in [-0.05, 0) is 52.7 Å². The summed E-state index contributed by atoms with van der Waals surface area (Å²) in [6.07, 6.45) is 2.19. The molecule has 2 aromatic heterocycles. The zero-order valence-electron chi connectivity index (χ0n) is 13.6. The largest absolute Gasteiger partial charge is 0.497 e. The quantitative estimate of drug-likeness (QED) is 0.676. The fourth-order valence-corrected chi connectivity index (χ4v) is 2.99. The van der Waals surface area contributed by atoms with Gasteiger partial charge in [0.05, 0.1) is 38.1 Å². The van der Waals surface area contributed by atoms with Gasteiger partial charge in [0, 0.05) is 16.2 Å². The maximum atomic E-state index is 9.26. The molecule has 0 unspecified atom stereocenters. The summed E-state index contributed by atoms with van der Waals surface area (Å²) >= 11 is 3.54. The van der Waals surface area contributed by atoms with Crippen LogP contribution in [0.5, 0.6) is 11.5 Å². The molecule has 0 aliphatic rings. The first-order chi connectivity index (χ1) is 11.6. The van der Waals surface area contributed by atoms with E-state index in [-0.39, 0.29) is 6.42 Å². The molecule has 0 atom stereocenters. The fourth-order valence-electron chi connectivity index (χ4n) is 2.67. The molecule has 0 saturated heterocycles. The lowest BCUT2D eigenvalue weighted by atomic mass is 10.1. The molecule has 0 saturated carbocycles. The number of aromatic nitrogens is 2. The molecule has 0 aliphatic heterocycles. The van der Waals surface area contributed by atoms with Crippen LogP contribution in [0.15, 0.2) is 34.9 Å². The van der Waals surface area contributed by atoms with E-state index in [0.29, 0.717) is 11.5 Å². The van der Waals surface area contributed by atoms with Crippen LogP contribution in [0.2, 0.25) is 0 Å². The van der Waals surface area contributed by atoms with Gasteiger partial charge in [0.1, 0.15) is 17.1 Å². The Balaban J connectivity index is 2.33. The summed E-state index contributed by atoms with van der Waals surface area (Å²) in [5.41, 5.74) is 4.23. The van der Waals surface area contributed by atoms with Crippen molar-refractivity contribution in [2.75, 3.05) is 14.2 Å². The third-order valence-corrected chi connectivity index (χ3v) is 4.74. The Bertz CT molecular complexity index is 957. The molecule has 0 fully saturated rings. The van der Waals surface area contributed by atoms with Crippen LogP contribution in [0.25, 0.3) is 16.9 Å². The Morgan fingerprint density at radius 1 is 1.25 bits per heavy atom. The molecule has 3 rings (SSSR count). The highest BCUT2D eigenvalue weighted by Crippen LogP contribution is 2.36. The van der Waals surface area contributed by atoms with Crippen LogP contribution >= 0.6 is 15.9 Å². The van der Waals surface area contributed by atoms with Crippen molar-refractivity contribution in [3.8, 4) is 28.8 Å². The second kappa shape index (κ2) is 6.54. The molecule has 24 heavy (non-hydrogen) atoms. The highest BCUT2D eigenvalue weighted by molar-refractivity contribution is 9.10. The molecule has 6 heteroatoms. The highest BCUT2D eigenvalue weighted by atomic mass is 79.9. The number of aryl methyl sites for hydroxylation is 1. The van der Waals surface area contributed by atoms with Crippen molar-refractivity contribution in [2.45, 2.75) is 13.3 Å². The van der Waals surface area contributed by atoms with Gasteiger partial charge in [0.25, 0.3) is 0 Å². The molecular weight excluding hydrogens is 370 g/mol. The van der Waals surface area contributed by atoms with Gasteiger partial charge >= 0.3 is 0 Å². The highest BCUT2D eigenvalue weighted by Gasteiger charge is 2.19. The first-order valence-electron chi connectivity index (χ1n) is 7.35. The van der Waals surface area contributed by atoms with Gasteiger partial charge in [-0.3, -0.25) is 0 Å². The van der Waals surface area contributed by atoms with E-state index < -0.39 is 0 Å². The number of hydrogen-bond donors (Lipinski definition) is 0. The van der Waals surface area contributed by atoms with E-state index in [1.54, 1.807) is 14.2 Å². The summed E-state index contributed by atoms with van der Waals surface area (Å²) in [5.74, 6) is 1.40. The summed E-state index contributed by atoms with van der Waals surface area (Å²) in [7, 11) is 3.23. The number of hydrogen-bond acceptors (Lipinski definition) is 4. The standard InChI is InChI=1S/C18H16BrN3O2/c1-11-8-17-21-18(15(6-7-20)22(17)10-14(11)19)13-9-12(23-2)4-5-16(13)24-3/h4-5,8-10H,6H2,1-3H3. The molecule has 122 valence electrons. The van der Waals surface area contributed by atoms with Gasteiger partial charge in [-0.2, -0.15) is 5.26 Å². The Kier molecular flexibility index (Phi) is 4.45. The van der Waals surface area contributed by atoms with E-state index in [1.165, 1.54) is 0 Å². The summed E-state index contributed by atoms with van der Waals surface area (Å²) in [5, 5.41) is 9.26. The molecule has 0 spiro atoms. The van der Waals surface area contributed by atoms with Crippen molar-refractivity contribution in [1.82, 2.24) is 9.38 Å². The average molecular weight is 386 g/mol. The molecule has 0 radical (unpaired) electrons. The molecule has 2 heterocycles. The van der Waals surface area contributed by atoms with Gasteiger partial charge in [-0.25, -0.2) is 4.98 Å². The van der Waals surface area contributed by atoms with Crippen LogP contribution in [0.1, 0.15) is 11.3 Å². The zero-order chi connectivity index (χ0) is 17.3. The normalized spacial score (nSPS) is 10.6. The predicted octanol–water partition coefficient (Wildman–Crippen LogP) is 4.16. The summed E-state index contributed by atoms with van der Waals surface area (Å²) in [6, 6.07) is 9.77. The molecule has 5 nitrogen and oxygen atoms in total. The topological polar surface area (TPSA) is 59.6 Å². The van der Waals surface area contributed by atoms with Crippen LogP contribution in [0, 0.1) is 18.3 Å². The third-order valence-electron chi connectivity index (χ3n) is 3.91. The number of benzene rings is 1. The van der Waals surface area contributed by atoms with Crippen molar-refractivity contribution < 1.29 is 9.47 Å². The summed E-state index contributed by atoms with van der Waals surface area (Å²) in [6.45, 7) is 2.01.